The number of aromatic nitrogens is 2. The molecule has 0 aliphatic rings. The van der Waals surface area contributed by atoms with Gasteiger partial charge in [-0.1, -0.05) is 24.3 Å². The van der Waals surface area contributed by atoms with E-state index >= 15 is 0 Å². The van der Waals surface area contributed by atoms with Crippen molar-refractivity contribution in [2.45, 2.75) is 27.2 Å². The zero-order valence-electron chi connectivity index (χ0n) is 16.9. The lowest BCUT2D eigenvalue weighted by molar-refractivity contribution is -0.129. The van der Waals surface area contributed by atoms with E-state index in [9.17, 15) is 4.79 Å². The summed E-state index contributed by atoms with van der Waals surface area (Å²) < 4.78 is 2.02. The van der Waals surface area contributed by atoms with Crippen LogP contribution in [0.2, 0.25) is 0 Å². The number of carbonyl (C=O) groups excluding carboxylic acids is 1. The predicted octanol–water partition coefficient (Wildman–Crippen LogP) is 4.67. The average molecular weight is 374 g/mol. The van der Waals surface area contributed by atoms with Gasteiger partial charge in [0, 0.05) is 24.8 Å². The number of nitrogens with zero attached hydrogens (tertiary/aromatic N) is 3. The molecule has 0 bridgehead atoms. The Morgan fingerprint density at radius 1 is 1.07 bits per heavy atom. The number of benzene rings is 1. The molecule has 2 heterocycles. The van der Waals surface area contributed by atoms with Gasteiger partial charge < -0.3 is 9.30 Å². The molecule has 4 heteroatoms. The van der Waals surface area contributed by atoms with Crippen LogP contribution in [0.5, 0.6) is 0 Å². The van der Waals surface area contributed by atoms with Gasteiger partial charge in [0.15, 0.2) is 0 Å². The summed E-state index contributed by atoms with van der Waals surface area (Å²) >= 11 is 0. The summed E-state index contributed by atoms with van der Waals surface area (Å²) in [4.78, 5) is 19.6. The second kappa shape index (κ2) is 8.26. The van der Waals surface area contributed by atoms with Crippen LogP contribution < -0.4 is 0 Å². The monoisotopic (exact) mass is 373 g/mol. The van der Waals surface area contributed by atoms with Crippen molar-refractivity contribution in [1.29, 1.82) is 0 Å². The van der Waals surface area contributed by atoms with Crippen LogP contribution in [0.1, 0.15) is 22.4 Å². The van der Waals surface area contributed by atoms with Crippen molar-refractivity contribution >= 4 is 11.6 Å². The Labute approximate surface area is 166 Å². The lowest BCUT2D eigenvalue weighted by atomic mass is 10.0. The molecule has 0 radical (unpaired) electrons. The fourth-order valence-electron chi connectivity index (χ4n) is 3.33. The van der Waals surface area contributed by atoms with Gasteiger partial charge in [-0.3, -0.25) is 4.79 Å². The number of aryl methyl sites for hydroxylation is 3. The van der Waals surface area contributed by atoms with Gasteiger partial charge in [-0.15, -0.1) is 13.2 Å². The lowest BCUT2D eigenvalue weighted by Crippen LogP contribution is -2.33. The molecule has 0 aliphatic carbocycles. The Morgan fingerprint density at radius 3 is 2.43 bits per heavy atom. The van der Waals surface area contributed by atoms with Crippen LogP contribution in [-0.4, -0.2) is 33.3 Å². The molecular formula is C24H27N3O. The highest BCUT2D eigenvalue weighted by Crippen LogP contribution is 2.27. The van der Waals surface area contributed by atoms with Crippen molar-refractivity contribution in [3.05, 3.63) is 84.2 Å². The van der Waals surface area contributed by atoms with Crippen molar-refractivity contribution in [1.82, 2.24) is 14.3 Å². The second-order valence-electron chi connectivity index (χ2n) is 7.19. The molecule has 0 aliphatic heterocycles. The van der Waals surface area contributed by atoms with Crippen molar-refractivity contribution in [2.24, 2.45) is 0 Å². The summed E-state index contributed by atoms with van der Waals surface area (Å²) in [6.07, 6.45) is 5.75. The highest BCUT2D eigenvalue weighted by molar-refractivity contribution is 5.82. The molecule has 28 heavy (non-hydrogen) atoms. The number of hydrogen-bond donors (Lipinski definition) is 0. The number of fused-ring (bicyclic) bond motifs is 1. The molecule has 4 nitrogen and oxygen atoms in total. The minimum Gasteiger partial charge on any atom is -0.335 e. The molecule has 3 aromatic rings. The first-order valence-electron chi connectivity index (χ1n) is 9.49. The van der Waals surface area contributed by atoms with Crippen molar-refractivity contribution < 1.29 is 4.79 Å². The molecular weight excluding hydrogens is 346 g/mol. The minimum atomic E-state index is 0.0345. The SMILES string of the molecule is C=CCN(CC=C)C(=O)Cc1c(-c2ccc(C)c(C)c2)nc2cc(C)ccn12. The Bertz CT molecular complexity index is 1040. The molecule has 2 aromatic heterocycles. The lowest BCUT2D eigenvalue weighted by Gasteiger charge is -2.19. The van der Waals surface area contributed by atoms with E-state index in [0.717, 1.165) is 28.2 Å². The number of pyridine rings is 1. The second-order valence-corrected chi connectivity index (χ2v) is 7.19. The van der Waals surface area contributed by atoms with Gasteiger partial charge in [0.2, 0.25) is 5.91 Å². The number of imidazole rings is 1. The smallest absolute Gasteiger partial charge is 0.229 e. The van der Waals surface area contributed by atoms with Gasteiger partial charge in [-0.05, 0) is 55.7 Å². The van der Waals surface area contributed by atoms with Crippen molar-refractivity contribution in [3.63, 3.8) is 0 Å². The zero-order chi connectivity index (χ0) is 20.3. The van der Waals surface area contributed by atoms with Crippen molar-refractivity contribution in [3.8, 4) is 11.3 Å². The first-order valence-corrected chi connectivity index (χ1v) is 9.49. The number of amides is 1. The molecule has 1 amide bonds. The molecule has 0 fully saturated rings. The minimum absolute atomic E-state index is 0.0345. The van der Waals surface area contributed by atoms with Crippen molar-refractivity contribution in [2.75, 3.05) is 13.1 Å². The van der Waals surface area contributed by atoms with E-state index in [2.05, 4.69) is 45.2 Å². The topological polar surface area (TPSA) is 37.6 Å². The normalized spacial score (nSPS) is 10.8. The van der Waals surface area contributed by atoms with Crippen LogP contribution in [-0.2, 0) is 11.2 Å². The number of carbonyl (C=O) groups is 1. The Kier molecular flexibility index (Phi) is 5.78. The molecule has 3 rings (SSSR count). The summed E-state index contributed by atoms with van der Waals surface area (Å²) in [6.45, 7) is 14.8. The maximum Gasteiger partial charge on any atom is 0.229 e. The van der Waals surface area contributed by atoms with Crippen LogP contribution in [0.15, 0.2) is 61.8 Å². The fourth-order valence-corrected chi connectivity index (χ4v) is 3.33. The largest absolute Gasteiger partial charge is 0.335 e. The molecule has 0 saturated heterocycles. The van der Waals surface area contributed by atoms with E-state index in [1.807, 2.05) is 29.7 Å². The molecule has 0 saturated carbocycles. The van der Waals surface area contributed by atoms with E-state index in [1.54, 1.807) is 17.1 Å². The van der Waals surface area contributed by atoms with Gasteiger partial charge in [0.25, 0.3) is 0 Å². The van der Waals surface area contributed by atoms with Crippen LogP contribution in [0.25, 0.3) is 16.9 Å². The highest BCUT2D eigenvalue weighted by Gasteiger charge is 2.20. The van der Waals surface area contributed by atoms with Crippen LogP contribution >= 0.6 is 0 Å². The number of rotatable bonds is 7. The van der Waals surface area contributed by atoms with Crippen LogP contribution in [0.4, 0.5) is 0 Å². The van der Waals surface area contributed by atoms with E-state index < -0.39 is 0 Å². The molecule has 0 atom stereocenters. The molecule has 0 spiro atoms. The third-order valence-corrected chi connectivity index (χ3v) is 5.03. The van der Waals surface area contributed by atoms with Crippen LogP contribution in [0.3, 0.4) is 0 Å². The third kappa shape index (κ3) is 3.91. The fraction of sp³-hybridized carbons (Fsp3) is 0.250. The molecule has 1 aromatic carbocycles. The first kappa shape index (κ1) is 19.6. The third-order valence-electron chi connectivity index (χ3n) is 5.03. The molecule has 0 unspecified atom stereocenters. The standard InChI is InChI=1S/C24H27N3O/c1-6-11-26(12-7-2)23(28)16-21-24(20-9-8-18(4)19(5)15-20)25-22-14-17(3)10-13-27(21)22/h6-10,13-15H,1-2,11-12,16H2,3-5H3. The Balaban J connectivity index is 2.10. The highest BCUT2D eigenvalue weighted by atomic mass is 16.2. The number of hydrogen-bond acceptors (Lipinski definition) is 2. The Hall–Kier alpha value is -3.14. The maximum atomic E-state index is 13.0. The Morgan fingerprint density at radius 2 is 1.79 bits per heavy atom. The van der Waals surface area contributed by atoms with Gasteiger partial charge >= 0.3 is 0 Å². The summed E-state index contributed by atoms with van der Waals surface area (Å²) in [7, 11) is 0. The summed E-state index contributed by atoms with van der Waals surface area (Å²) in [5.74, 6) is 0.0345. The average Bonchev–Trinajstić information content (AvgIpc) is 3.01. The van der Waals surface area contributed by atoms with Gasteiger partial charge in [0.1, 0.15) is 5.65 Å². The van der Waals surface area contributed by atoms with Gasteiger partial charge in [-0.25, -0.2) is 4.98 Å². The van der Waals surface area contributed by atoms with Gasteiger partial charge in [-0.2, -0.15) is 0 Å². The molecule has 0 N–H and O–H groups in total. The van der Waals surface area contributed by atoms with E-state index in [4.69, 9.17) is 4.98 Å². The summed E-state index contributed by atoms with van der Waals surface area (Å²) in [5, 5.41) is 0. The quantitative estimate of drug-likeness (QED) is 0.565. The predicted molar refractivity (Wildman–Crippen MR) is 116 cm³/mol. The summed E-state index contributed by atoms with van der Waals surface area (Å²) in [5.41, 5.74) is 7.25. The molecule has 144 valence electrons. The van der Waals surface area contributed by atoms with E-state index in [1.165, 1.54) is 11.1 Å². The van der Waals surface area contributed by atoms with E-state index in [0.29, 0.717) is 13.1 Å². The van der Waals surface area contributed by atoms with Crippen LogP contribution in [0, 0.1) is 20.8 Å². The summed E-state index contributed by atoms with van der Waals surface area (Å²) in [6, 6.07) is 10.4. The first-order chi connectivity index (χ1) is 13.4. The van der Waals surface area contributed by atoms with Gasteiger partial charge in [0.05, 0.1) is 17.8 Å². The maximum absolute atomic E-state index is 13.0. The van der Waals surface area contributed by atoms with E-state index in [-0.39, 0.29) is 12.3 Å². The zero-order valence-corrected chi connectivity index (χ0v) is 16.9.